The first-order valence-electron chi connectivity index (χ1n) is 6.04. The molecular formula is C14H19FN2O2. The van der Waals surface area contributed by atoms with Gasteiger partial charge in [0.15, 0.2) is 0 Å². The van der Waals surface area contributed by atoms with Crippen LogP contribution in [0.4, 0.5) is 10.1 Å². The van der Waals surface area contributed by atoms with Crippen LogP contribution >= 0.6 is 0 Å². The predicted octanol–water partition coefficient (Wildman–Crippen LogP) is 2.41. The Morgan fingerprint density at radius 2 is 1.95 bits per heavy atom. The van der Waals surface area contributed by atoms with E-state index < -0.39 is 11.4 Å². The zero-order valence-electron chi connectivity index (χ0n) is 11.7. The minimum absolute atomic E-state index is 0.0602. The average Bonchev–Trinajstić information content (AvgIpc) is 2.24. The summed E-state index contributed by atoms with van der Waals surface area (Å²) in [5, 5.41) is 2.57. The second kappa shape index (κ2) is 5.82. The van der Waals surface area contributed by atoms with Gasteiger partial charge in [-0.15, -0.1) is 0 Å². The molecule has 0 unspecified atom stereocenters. The summed E-state index contributed by atoms with van der Waals surface area (Å²) < 4.78 is 13.0. The zero-order valence-corrected chi connectivity index (χ0v) is 11.7. The molecule has 0 aliphatic carbocycles. The van der Waals surface area contributed by atoms with E-state index in [1.807, 2.05) is 20.8 Å². The highest BCUT2D eigenvalue weighted by Crippen LogP contribution is 2.14. The Morgan fingerprint density at radius 1 is 1.32 bits per heavy atom. The molecule has 1 aromatic rings. The molecule has 0 radical (unpaired) electrons. The maximum atomic E-state index is 13.0. The number of carbonyl (C=O) groups excluding carboxylic acids is 2. The third kappa shape index (κ3) is 4.69. The fourth-order valence-electron chi connectivity index (χ4n) is 1.73. The third-order valence-electron chi connectivity index (χ3n) is 2.60. The van der Waals surface area contributed by atoms with Crippen LogP contribution in [-0.2, 0) is 9.59 Å². The van der Waals surface area contributed by atoms with E-state index in [4.69, 9.17) is 0 Å². The molecule has 5 heteroatoms. The highest BCUT2D eigenvalue weighted by molar-refractivity contribution is 5.94. The molecule has 0 aliphatic heterocycles. The van der Waals surface area contributed by atoms with Gasteiger partial charge in [-0.05, 0) is 39.0 Å². The third-order valence-corrected chi connectivity index (χ3v) is 2.60. The zero-order chi connectivity index (χ0) is 14.6. The molecule has 0 heterocycles. The molecule has 0 saturated heterocycles. The summed E-state index contributed by atoms with van der Waals surface area (Å²) in [6.07, 6.45) is 0. The number of nitrogens with zero attached hydrogens (tertiary/aromatic N) is 1. The Hall–Kier alpha value is -1.91. The van der Waals surface area contributed by atoms with Gasteiger partial charge in [0, 0.05) is 18.2 Å². The van der Waals surface area contributed by atoms with E-state index in [9.17, 15) is 14.0 Å². The van der Waals surface area contributed by atoms with E-state index in [1.54, 1.807) is 6.07 Å². The van der Waals surface area contributed by atoms with Crippen LogP contribution < -0.4 is 5.32 Å². The molecule has 1 N–H and O–H groups in total. The van der Waals surface area contributed by atoms with E-state index >= 15 is 0 Å². The number of benzene rings is 1. The highest BCUT2D eigenvalue weighted by atomic mass is 19.1. The van der Waals surface area contributed by atoms with Crippen LogP contribution in [0.2, 0.25) is 0 Å². The molecule has 104 valence electrons. The Morgan fingerprint density at radius 3 is 2.42 bits per heavy atom. The molecule has 1 aromatic carbocycles. The van der Waals surface area contributed by atoms with Crippen molar-refractivity contribution in [1.82, 2.24) is 4.90 Å². The van der Waals surface area contributed by atoms with Gasteiger partial charge < -0.3 is 10.2 Å². The number of halogens is 1. The van der Waals surface area contributed by atoms with Gasteiger partial charge in [0.05, 0.1) is 0 Å². The van der Waals surface area contributed by atoms with Crippen molar-refractivity contribution in [3.8, 4) is 0 Å². The summed E-state index contributed by atoms with van der Waals surface area (Å²) in [7, 11) is 0. The van der Waals surface area contributed by atoms with Crippen molar-refractivity contribution in [3.63, 3.8) is 0 Å². The predicted molar refractivity (Wildman–Crippen MR) is 72.2 cm³/mol. The summed E-state index contributed by atoms with van der Waals surface area (Å²) in [5.74, 6) is -0.949. The Bertz CT molecular complexity index is 481. The van der Waals surface area contributed by atoms with Crippen LogP contribution in [0.15, 0.2) is 24.3 Å². The molecule has 19 heavy (non-hydrogen) atoms. The van der Waals surface area contributed by atoms with Crippen LogP contribution in [0.25, 0.3) is 0 Å². The molecule has 0 aromatic heterocycles. The van der Waals surface area contributed by atoms with E-state index in [-0.39, 0.29) is 18.4 Å². The molecule has 0 bridgehead atoms. The van der Waals surface area contributed by atoms with Crippen molar-refractivity contribution in [2.24, 2.45) is 0 Å². The van der Waals surface area contributed by atoms with Gasteiger partial charge in [0.1, 0.15) is 12.4 Å². The van der Waals surface area contributed by atoms with Crippen LogP contribution in [0.5, 0.6) is 0 Å². The van der Waals surface area contributed by atoms with Gasteiger partial charge in [-0.3, -0.25) is 9.59 Å². The summed E-state index contributed by atoms with van der Waals surface area (Å²) >= 11 is 0. The van der Waals surface area contributed by atoms with Gasteiger partial charge in [0.25, 0.3) is 0 Å². The highest BCUT2D eigenvalue weighted by Gasteiger charge is 2.25. The van der Waals surface area contributed by atoms with Crippen LogP contribution in [-0.4, -0.2) is 28.8 Å². The lowest BCUT2D eigenvalue weighted by atomic mass is 10.1. The van der Waals surface area contributed by atoms with Crippen molar-refractivity contribution < 1.29 is 14.0 Å². The first kappa shape index (κ1) is 15.1. The largest absolute Gasteiger partial charge is 0.329 e. The first-order valence-corrected chi connectivity index (χ1v) is 6.04. The Labute approximate surface area is 112 Å². The summed E-state index contributed by atoms with van der Waals surface area (Å²) in [4.78, 5) is 24.8. The number of rotatable bonds is 3. The van der Waals surface area contributed by atoms with Crippen LogP contribution in [0.3, 0.4) is 0 Å². The topological polar surface area (TPSA) is 49.4 Å². The molecule has 0 spiro atoms. The quantitative estimate of drug-likeness (QED) is 0.913. The minimum Gasteiger partial charge on any atom is -0.329 e. The monoisotopic (exact) mass is 266 g/mol. The number of hydrogen-bond acceptors (Lipinski definition) is 2. The lowest BCUT2D eigenvalue weighted by Crippen LogP contribution is -2.48. The molecule has 0 fully saturated rings. The van der Waals surface area contributed by atoms with Crippen molar-refractivity contribution in [2.75, 3.05) is 11.9 Å². The lowest BCUT2D eigenvalue weighted by molar-refractivity contribution is -0.137. The molecular weight excluding hydrogens is 247 g/mol. The number of hydrogen-bond donors (Lipinski definition) is 1. The maximum Gasteiger partial charge on any atom is 0.244 e. The lowest BCUT2D eigenvalue weighted by Gasteiger charge is -2.34. The van der Waals surface area contributed by atoms with Gasteiger partial charge >= 0.3 is 0 Å². The number of amides is 2. The van der Waals surface area contributed by atoms with Crippen molar-refractivity contribution in [1.29, 1.82) is 0 Å². The Balaban J connectivity index is 2.71. The number of carbonyl (C=O) groups is 2. The number of nitrogens with one attached hydrogen (secondary N) is 1. The molecule has 4 nitrogen and oxygen atoms in total. The van der Waals surface area contributed by atoms with Crippen molar-refractivity contribution in [2.45, 2.75) is 33.2 Å². The van der Waals surface area contributed by atoms with Crippen LogP contribution in [0, 0.1) is 5.82 Å². The standard InChI is InChI=1S/C14H19FN2O2/c1-10(18)17(14(2,3)4)9-13(19)16-12-7-5-6-11(15)8-12/h5-8H,9H2,1-4H3,(H,16,19). The number of anilines is 1. The molecule has 0 saturated carbocycles. The molecule has 2 amide bonds. The maximum absolute atomic E-state index is 13.0. The molecule has 0 atom stereocenters. The summed E-state index contributed by atoms with van der Waals surface area (Å²) in [5.41, 5.74) is -0.0621. The SMILES string of the molecule is CC(=O)N(CC(=O)Nc1cccc(F)c1)C(C)(C)C. The van der Waals surface area contributed by atoms with Crippen molar-refractivity contribution >= 4 is 17.5 Å². The van der Waals surface area contributed by atoms with Crippen molar-refractivity contribution in [3.05, 3.63) is 30.1 Å². The summed E-state index contributed by atoms with van der Waals surface area (Å²) in [6, 6.07) is 5.63. The van der Waals surface area contributed by atoms with Crippen LogP contribution in [0.1, 0.15) is 27.7 Å². The normalized spacial score (nSPS) is 11.0. The smallest absolute Gasteiger partial charge is 0.244 e. The molecule has 1 rings (SSSR count). The second-order valence-corrected chi connectivity index (χ2v) is 5.33. The van der Waals surface area contributed by atoms with Gasteiger partial charge in [0.2, 0.25) is 11.8 Å². The van der Waals surface area contributed by atoms with E-state index in [1.165, 1.54) is 30.0 Å². The van der Waals surface area contributed by atoms with Gasteiger partial charge in [-0.1, -0.05) is 6.07 Å². The van der Waals surface area contributed by atoms with E-state index in [0.717, 1.165) is 0 Å². The Kier molecular flexibility index (Phi) is 4.64. The minimum atomic E-state index is -0.439. The fraction of sp³-hybridized carbons (Fsp3) is 0.429. The first-order chi connectivity index (χ1) is 8.70. The van der Waals surface area contributed by atoms with Gasteiger partial charge in [-0.25, -0.2) is 4.39 Å². The second-order valence-electron chi connectivity index (χ2n) is 5.33. The van der Waals surface area contributed by atoms with Gasteiger partial charge in [-0.2, -0.15) is 0 Å². The molecule has 0 aliphatic rings. The average molecular weight is 266 g/mol. The summed E-state index contributed by atoms with van der Waals surface area (Å²) in [6.45, 7) is 6.91. The fourth-order valence-corrected chi connectivity index (χ4v) is 1.73. The van der Waals surface area contributed by atoms with E-state index in [0.29, 0.717) is 5.69 Å². The van der Waals surface area contributed by atoms with E-state index in [2.05, 4.69) is 5.32 Å².